The molecule has 4 heteroatoms. The molecule has 0 saturated heterocycles. The highest BCUT2D eigenvalue weighted by atomic mass is 32.2. The fraction of sp³-hybridized carbons (Fsp3) is 0.273. The van der Waals surface area contributed by atoms with Gasteiger partial charge in [-0.3, -0.25) is 4.79 Å². The summed E-state index contributed by atoms with van der Waals surface area (Å²) in [6, 6.07) is 3.70. The molecule has 0 aliphatic rings. The van der Waals surface area contributed by atoms with Gasteiger partial charge in [-0.25, -0.2) is 4.98 Å². The Labute approximate surface area is 91.9 Å². The van der Waals surface area contributed by atoms with Crippen molar-refractivity contribution in [2.24, 2.45) is 0 Å². The van der Waals surface area contributed by atoms with Gasteiger partial charge >= 0.3 is 0 Å². The summed E-state index contributed by atoms with van der Waals surface area (Å²) in [6.07, 6.45) is 1.98. The molecular formula is C11H11NO2S. The Hall–Kier alpha value is -1.29. The first-order valence-corrected chi connectivity index (χ1v) is 5.81. The molecule has 0 amide bonds. The molecule has 3 nitrogen and oxygen atoms in total. The predicted molar refractivity (Wildman–Crippen MR) is 60.5 cm³/mol. The summed E-state index contributed by atoms with van der Waals surface area (Å²) in [5, 5.41) is 0. The van der Waals surface area contributed by atoms with Crippen LogP contribution in [0.15, 0.2) is 21.4 Å². The lowest BCUT2D eigenvalue weighted by Crippen LogP contribution is -1.92. The maximum absolute atomic E-state index is 11.4. The lowest BCUT2D eigenvalue weighted by Gasteiger charge is -1.99. The van der Waals surface area contributed by atoms with E-state index < -0.39 is 0 Å². The number of rotatable bonds is 2. The Balaban J connectivity index is 2.82. The van der Waals surface area contributed by atoms with Crippen LogP contribution in [0.1, 0.15) is 23.2 Å². The zero-order chi connectivity index (χ0) is 11.0. The number of aromatic nitrogens is 1. The van der Waals surface area contributed by atoms with E-state index >= 15 is 0 Å². The van der Waals surface area contributed by atoms with Gasteiger partial charge in [-0.2, -0.15) is 0 Å². The molecule has 15 heavy (non-hydrogen) atoms. The molecular weight excluding hydrogens is 210 g/mol. The van der Waals surface area contributed by atoms with Crippen LogP contribution in [-0.2, 0) is 0 Å². The third-order valence-corrected chi connectivity index (χ3v) is 2.98. The summed E-state index contributed by atoms with van der Waals surface area (Å²) >= 11 is 1.60. The molecule has 0 saturated carbocycles. The number of ketones is 1. The van der Waals surface area contributed by atoms with Gasteiger partial charge in [-0.05, 0) is 25.3 Å². The molecule has 0 aliphatic carbocycles. The van der Waals surface area contributed by atoms with Crippen molar-refractivity contribution in [1.29, 1.82) is 0 Å². The lowest BCUT2D eigenvalue weighted by atomic mass is 10.1. The van der Waals surface area contributed by atoms with Crippen LogP contribution >= 0.6 is 11.8 Å². The number of aryl methyl sites for hydroxylation is 1. The number of carbonyl (C=O) groups excluding carboxylic acids is 1. The van der Waals surface area contributed by atoms with Crippen molar-refractivity contribution in [3.05, 3.63) is 23.6 Å². The Morgan fingerprint density at radius 1 is 1.47 bits per heavy atom. The van der Waals surface area contributed by atoms with Crippen LogP contribution in [0.3, 0.4) is 0 Å². The van der Waals surface area contributed by atoms with Crippen LogP contribution in [-0.4, -0.2) is 17.0 Å². The fourth-order valence-corrected chi connectivity index (χ4v) is 2.07. The number of thioether (sulfide) groups is 1. The van der Waals surface area contributed by atoms with E-state index in [-0.39, 0.29) is 5.78 Å². The normalized spacial score (nSPS) is 10.9. The number of benzene rings is 1. The number of hydrogen-bond donors (Lipinski definition) is 0. The first-order chi connectivity index (χ1) is 7.13. The third-order valence-electron chi connectivity index (χ3n) is 2.21. The van der Waals surface area contributed by atoms with E-state index in [1.807, 2.05) is 12.3 Å². The number of fused-ring (bicyclic) bond motifs is 1. The standard InChI is InChI=1S/C11H11NO2S/c1-6(13)8-4-5-9(15-3)10-11(8)14-7(2)12-10/h4-5H,1-3H3. The molecule has 2 aromatic rings. The van der Waals surface area contributed by atoms with E-state index in [2.05, 4.69) is 4.98 Å². The summed E-state index contributed by atoms with van der Waals surface area (Å²) in [5.74, 6) is 0.595. The largest absolute Gasteiger partial charge is 0.440 e. The molecule has 1 aromatic carbocycles. The molecule has 0 radical (unpaired) electrons. The summed E-state index contributed by atoms with van der Waals surface area (Å²) in [6.45, 7) is 3.32. The van der Waals surface area contributed by atoms with Gasteiger partial charge in [0.2, 0.25) is 0 Å². The average molecular weight is 221 g/mol. The molecule has 1 aromatic heterocycles. The monoisotopic (exact) mass is 221 g/mol. The van der Waals surface area contributed by atoms with E-state index in [0.717, 1.165) is 10.4 Å². The minimum Gasteiger partial charge on any atom is -0.440 e. The van der Waals surface area contributed by atoms with Gasteiger partial charge < -0.3 is 4.42 Å². The molecule has 0 aliphatic heterocycles. The van der Waals surface area contributed by atoms with E-state index in [9.17, 15) is 4.79 Å². The molecule has 2 rings (SSSR count). The molecule has 0 N–H and O–H groups in total. The summed E-state index contributed by atoms with van der Waals surface area (Å²) in [7, 11) is 0. The SMILES string of the molecule is CSc1ccc(C(C)=O)c2oc(C)nc12. The van der Waals surface area contributed by atoms with E-state index in [1.165, 1.54) is 6.92 Å². The van der Waals surface area contributed by atoms with Crippen molar-refractivity contribution in [2.75, 3.05) is 6.26 Å². The van der Waals surface area contributed by atoms with Crippen LogP contribution < -0.4 is 0 Å². The number of hydrogen-bond acceptors (Lipinski definition) is 4. The number of carbonyl (C=O) groups is 1. The summed E-state index contributed by atoms with van der Waals surface area (Å²) in [4.78, 5) is 16.7. The Morgan fingerprint density at radius 2 is 2.20 bits per heavy atom. The fourth-order valence-electron chi connectivity index (χ4n) is 1.53. The van der Waals surface area contributed by atoms with Gasteiger partial charge in [-0.15, -0.1) is 11.8 Å². The lowest BCUT2D eigenvalue weighted by molar-refractivity contribution is 0.101. The second-order valence-electron chi connectivity index (χ2n) is 3.28. The second-order valence-corrected chi connectivity index (χ2v) is 4.13. The van der Waals surface area contributed by atoms with Gasteiger partial charge in [-0.1, -0.05) is 0 Å². The Kier molecular flexibility index (Phi) is 2.52. The highest BCUT2D eigenvalue weighted by molar-refractivity contribution is 7.98. The highest BCUT2D eigenvalue weighted by Crippen LogP contribution is 2.29. The molecule has 0 unspecified atom stereocenters. The van der Waals surface area contributed by atoms with Crippen LogP contribution in [0, 0.1) is 6.92 Å². The molecule has 0 bridgehead atoms. The average Bonchev–Trinajstić information content (AvgIpc) is 2.56. The third kappa shape index (κ3) is 1.65. The van der Waals surface area contributed by atoms with Gasteiger partial charge in [0, 0.05) is 11.8 Å². The van der Waals surface area contributed by atoms with E-state index in [1.54, 1.807) is 24.8 Å². The van der Waals surface area contributed by atoms with E-state index in [0.29, 0.717) is 17.0 Å². The summed E-state index contributed by atoms with van der Waals surface area (Å²) < 4.78 is 5.46. The van der Waals surface area contributed by atoms with Crippen molar-refractivity contribution in [3.8, 4) is 0 Å². The number of Topliss-reactive ketones (excluding diaryl/α,β-unsaturated/α-hetero) is 1. The zero-order valence-corrected chi connectivity index (χ0v) is 9.64. The quantitative estimate of drug-likeness (QED) is 0.577. The maximum Gasteiger partial charge on any atom is 0.192 e. The van der Waals surface area contributed by atoms with Gasteiger partial charge in [0.1, 0.15) is 5.52 Å². The topological polar surface area (TPSA) is 43.1 Å². The minimum absolute atomic E-state index is 0.00352. The van der Waals surface area contributed by atoms with Crippen molar-refractivity contribution in [1.82, 2.24) is 4.98 Å². The van der Waals surface area contributed by atoms with Gasteiger partial charge in [0.15, 0.2) is 17.3 Å². The van der Waals surface area contributed by atoms with Gasteiger partial charge in [0.05, 0.1) is 5.56 Å². The smallest absolute Gasteiger partial charge is 0.192 e. The Bertz CT molecular complexity index is 531. The first kappa shape index (κ1) is 10.2. The van der Waals surface area contributed by atoms with E-state index in [4.69, 9.17) is 4.42 Å². The van der Waals surface area contributed by atoms with Gasteiger partial charge in [0.25, 0.3) is 0 Å². The molecule has 0 fully saturated rings. The van der Waals surface area contributed by atoms with Crippen molar-refractivity contribution in [3.63, 3.8) is 0 Å². The number of nitrogens with zero attached hydrogens (tertiary/aromatic N) is 1. The van der Waals surface area contributed by atoms with Crippen molar-refractivity contribution in [2.45, 2.75) is 18.7 Å². The van der Waals surface area contributed by atoms with Crippen molar-refractivity contribution >= 4 is 28.6 Å². The molecule has 1 heterocycles. The molecule has 0 atom stereocenters. The van der Waals surface area contributed by atoms with Crippen molar-refractivity contribution < 1.29 is 9.21 Å². The molecule has 78 valence electrons. The zero-order valence-electron chi connectivity index (χ0n) is 8.83. The van der Waals surface area contributed by atoms with Crippen LogP contribution in [0.2, 0.25) is 0 Å². The first-order valence-electron chi connectivity index (χ1n) is 4.58. The maximum atomic E-state index is 11.4. The second kappa shape index (κ2) is 3.70. The molecule has 0 spiro atoms. The summed E-state index contributed by atoms with van der Waals surface area (Å²) in [5.41, 5.74) is 1.99. The predicted octanol–water partition coefficient (Wildman–Crippen LogP) is 3.06. The minimum atomic E-state index is 0.00352. The van der Waals surface area contributed by atoms with Crippen LogP contribution in [0.25, 0.3) is 11.1 Å². The Morgan fingerprint density at radius 3 is 2.80 bits per heavy atom. The van der Waals surface area contributed by atoms with Crippen LogP contribution in [0.5, 0.6) is 0 Å². The highest BCUT2D eigenvalue weighted by Gasteiger charge is 2.14. The number of oxazole rings is 1. The van der Waals surface area contributed by atoms with Crippen LogP contribution in [0.4, 0.5) is 0 Å².